The summed E-state index contributed by atoms with van der Waals surface area (Å²) in [7, 11) is 0. The van der Waals surface area contributed by atoms with E-state index in [0.29, 0.717) is 18.0 Å². The minimum Gasteiger partial charge on any atom is -0.490 e. The lowest BCUT2D eigenvalue weighted by Crippen LogP contribution is -2.58. The van der Waals surface area contributed by atoms with Gasteiger partial charge in [-0.05, 0) is 24.3 Å². The van der Waals surface area contributed by atoms with Crippen molar-refractivity contribution in [3.63, 3.8) is 0 Å². The highest BCUT2D eigenvalue weighted by molar-refractivity contribution is 7.07. The molecule has 26 heavy (non-hydrogen) atoms. The van der Waals surface area contributed by atoms with Gasteiger partial charge in [-0.25, -0.2) is 9.37 Å². The molecule has 1 aromatic carbocycles. The van der Waals surface area contributed by atoms with Crippen LogP contribution in [0.1, 0.15) is 16.9 Å². The number of hydrogen-bond acceptors (Lipinski definition) is 6. The number of hydrogen-bond donors (Lipinski definition) is 1. The number of nitrogens with zero attached hydrogens (tertiary/aromatic N) is 2. The first-order valence-corrected chi connectivity index (χ1v) is 8.90. The van der Waals surface area contributed by atoms with Crippen molar-refractivity contribution >= 4 is 23.2 Å². The number of morpholine rings is 1. The van der Waals surface area contributed by atoms with Gasteiger partial charge in [-0.2, -0.15) is 0 Å². The molecule has 1 atom stereocenters. The van der Waals surface area contributed by atoms with Crippen LogP contribution in [0.25, 0.3) is 0 Å². The van der Waals surface area contributed by atoms with E-state index < -0.39 is 11.5 Å². The largest absolute Gasteiger partial charge is 0.490 e. The summed E-state index contributed by atoms with van der Waals surface area (Å²) in [5, 5.41) is 1.67. The number of amides is 2. The van der Waals surface area contributed by atoms with Gasteiger partial charge in [0.25, 0.3) is 5.91 Å². The SMILES string of the molecule is NC(=O)CC1(COc2ccc(F)cc2)CN(C(=O)c2cscn2)CCO1. The lowest BCUT2D eigenvalue weighted by Gasteiger charge is -2.41. The average molecular weight is 379 g/mol. The van der Waals surface area contributed by atoms with Crippen LogP contribution in [0.2, 0.25) is 0 Å². The number of nitrogens with two attached hydrogens (primary N) is 1. The zero-order valence-corrected chi connectivity index (χ0v) is 14.7. The fourth-order valence-corrected chi connectivity index (χ4v) is 3.33. The summed E-state index contributed by atoms with van der Waals surface area (Å²) < 4.78 is 24.5. The maximum Gasteiger partial charge on any atom is 0.273 e. The van der Waals surface area contributed by atoms with Crippen molar-refractivity contribution < 1.29 is 23.5 Å². The van der Waals surface area contributed by atoms with E-state index in [1.807, 2.05) is 0 Å². The van der Waals surface area contributed by atoms with E-state index >= 15 is 0 Å². The topological polar surface area (TPSA) is 94.8 Å². The van der Waals surface area contributed by atoms with Gasteiger partial charge in [0.15, 0.2) is 0 Å². The molecular weight excluding hydrogens is 361 g/mol. The predicted molar refractivity (Wildman–Crippen MR) is 92.4 cm³/mol. The van der Waals surface area contributed by atoms with Crippen molar-refractivity contribution in [3.8, 4) is 5.75 Å². The van der Waals surface area contributed by atoms with Gasteiger partial charge in [0, 0.05) is 11.9 Å². The molecule has 0 aliphatic carbocycles. The molecule has 0 bridgehead atoms. The summed E-state index contributed by atoms with van der Waals surface area (Å²) in [5.74, 6) is -0.735. The molecule has 1 aliphatic rings. The molecule has 0 saturated carbocycles. The standard InChI is InChI=1S/C17H18FN3O4S/c18-12-1-3-13(4-2-12)24-10-17(7-15(19)22)9-21(5-6-25-17)16(23)14-8-26-11-20-14/h1-4,8,11H,5-7,9-10H2,(H2,19,22). The van der Waals surface area contributed by atoms with Gasteiger partial charge in [-0.3, -0.25) is 9.59 Å². The molecule has 2 heterocycles. The number of benzene rings is 1. The zero-order valence-electron chi connectivity index (χ0n) is 13.9. The summed E-state index contributed by atoms with van der Waals surface area (Å²) in [6.45, 7) is 0.777. The Hall–Kier alpha value is -2.52. The Labute approximate surface area is 153 Å². The highest BCUT2D eigenvalue weighted by Crippen LogP contribution is 2.25. The fraction of sp³-hybridized carbons (Fsp3) is 0.353. The number of carbonyl (C=O) groups excluding carboxylic acids is 2. The summed E-state index contributed by atoms with van der Waals surface area (Å²) in [4.78, 5) is 29.7. The van der Waals surface area contributed by atoms with Crippen LogP contribution in [0, 0.1) is 5.82 Å². The van der Waals surface area contributed by atoms with Crippen LogP contribution in [-0.2, 0) is 9.53 Å². The fourth-order valence-electron chi connectivity index (χ4n) is 2.81. The monoisotopic (exact) mass is 379 g/mol. The van der Waals surface area contributed by atoms with Crippen molar-refractivity contribution in [3.05, 3.63) is 46.7 Å². The molecule has 7 nitrogen and oxygen atoms in total. The highest BCUT2D eigenvalue weighted by atomic mass is 32.1. The number of primary amides is 1. The molecule has 1 fully saturated rings. The molecule has 2 amide bonds. The maximum absolute atomic E-state index is 13.0. The van der Waals surface area contributed by atoms with Crippen LogP contribution in [0.15, 0.2) is 35.2 Å². The number of thiazole rings is 1. The van der Waals surface area contributed by atoms with E-state index in [4.69, 9.17) is 15.2 Å². The van der Waals surface area contributed by atoms with Crippen LogP contribution in [0.5, 0.6) is 5.75 Å². The first kappa shape index (κ1) is 18.3. The van der Waals surface area contributed by atoms with Gasteiger partial charge in [-0.1, -0.05) is 0 Å². The van der Waals surface area contributed by atoms with E-state index in [1.54, 1.807) is 15.8 Å². The third kappa shape index (κ3) is 4.36. The van der Waals surface area contributed by atoms with Crippen molar-refractivity contribution in [1.29, 1.82) is 0 Å². The zero-order chi connectivity index (χ0) is 18.6. The van der Waals surface area contributed by atoms with Crippen molar-refractivity contribution in [1.82, 2.24) is 9.88 Å². The summed E-state index contributed by atoms with van der Waals surface area (Å²) >= 11 is 1.33. The molecular formula is C17H18FN3O4S. The second kappa shape index (κ2) is 7.79. The second-order valence-corrected chi connectivity index (χ2v) is 6.74. The molecule has 1 saturated heterocycles. The molecule has 0 radical (unpaired) electrons. The van der Waals surface area contributed by atoms with Gasteiger partial charge >= 0.3 is 0 Å². The van der Waals surface area contributed by atoms with E-state index in [2.05, 4.69) is 4.98 Å². The Bertz CT molecular complexity index is 769. The highest BCUT2D eigenvalue weighted by Gasteiger charge is 2.41. The van der Waals surface area contributed by atoms with E-state index in [1.165, 1.54) is 35.6 Å². The molecule has 2 aromatic rings. The first-order chi connectivity index (χ1) is 12.5. The van der Waals surface area contributed by atoms with Crippen LogP contribution in [-0.4, -0.2) is 53.6 Å². The van der Waals surface area contributed by atoms with Crippen LogP contribution in [0.3, 0.4) is 0 Å². The Morgan fingerprint density at radius 3 is 2.81 bits per heavy atom. The molecule has 3 rings (SSSR count). The van der Waals surface area contributed by atoms with Crippen molar-refractivity contribution in [2.75, 3.05) is 26.3 Å². The van der Waals surface area contributed by atoms with Crippen LogP contribution < -0.4 is 10.5 Å². The third-order valence-corrected chi connectivity index (χ3v) is 4.59. The van der Waals surface area contributed by atoms with Gasteiger partial charge < -0.3 is 20.1 Å². The molecule has 0 spiro atoms. The number of rotatable bonds is 6. The minimum atomic E-state index is -1.07. The summed E-state index contributed by atoms with van der Waals surface area (Å²) in [5.41, 5.74) is 6.25. The molecule has 1 unspecified atom stereocenters. The number of aromatic nitrogens is 1. The Balaban J connectivity index is 1.74. The van der Waals surface area contributed by atoms with Crippen LogP contribution >= 0.6 is 11.3 Å². The minimum absolute atomic E-state index is 0.00240. The van der Waals surface area contributed by atoms with E-state index in [9.17, 15) is 14.0 Å². The van der Waals surface area contributed by atoms with Gasteiger partial charge in [0.05, 0.1) is 25.1 Å². The lowest BCUT2D eigenvalue weighted by atomic mass is 9.97. The molecule has 138 valence electrons. The van der Waals surface area contributed by atoms with Gasteiger partial charge in [-0.15, -0.1) is 11.3 Å². The third-order valence-electron chi connectivity index (χ3n) is 4.00. The lowest BCUT2D eigenvalue weighted by molar-refractivity contribution is -0.142. The van der Waals surface area contributed by atoms with Crippen molar-refractivity contribution in [2.24, 2.45) is 5.73 Å². The molecule has 1 aromatic heterocycles. The second-order valence-electron chi connectivity index (χ2n) is 6.02. The summed E-state index contributed by atoms with van der Waals surface area (Å²) in [6, 6.07) is 5.51. The molecule has 2 N–H and O–H groups in total. The average Bonchev–Trinajstić information content (AvgIpc) is 3.15. The predicted octanol–water partition coefficient (Wildman–Crippen LogP) is 1.45. The molecule has 9 heteroatoms. The van der Waals surface area contributed by atoms with Crippen LogP contribution in [0.4, 0.5) is 4.39 Å². The number of carbonyl (C=O) groups is 2. The van der Waals surface area contributed by atoms with Gasteiger partial charge in [0.2, 0.25) is 5.91 Å². The quantitative estimate of drug-likeness (QED) is 0.820. The first-order valence-electron chi connectivity index (χ1n) is 7.96. The molecule has 1 aliphatic heterocycles. The van der Waals surface area contributed by atoms with Crippen molar-refractivity contribution in [2.45, 2.75) is 12.0 Å². The summed E-state index contributed by atoms with van der Waals surface area (Å²) in [6.07, 6.45) is -0.102. The Morgan fingerprint density at radius 2 is 2.15 bits per heavy atom. The smallest absolute Gasteiger partial charge is 0.273 e. The van der Waals surface area contributed by atoms with E-state index in [-0.39, 0.29) is 37.9 Å². The number of ether oxygens (including phenoxy) is 2. The Kier molecular flexibility index (Phi) is 5.48. The maximum atomic E-state index is 13.0. The van der Waals surface area contributed by atoms with E-state index in [0.717, 1.165) is 0 Å². The van der Waals surface area contributed by atoms with Gasteiger partial charge in [0.1, 0.15) is 29.5 Å². The Morgan fingerprint density at radius 1 is 1.38 bits per heavy atom. The normalized spacial score (nSPS) is 20.0. The number of halogens is 1.